The van der Waals surface area contributed by atoms with Crippen molar-refractivity contribution in [1.82, 2.24) is 14.8 Å². The van der Waals surface area contributed by atoms with Gasteiger partial charge in [-0.15, -0.1) is 5.10 Å². The largest absolute Gasteiger partial charge is 0.462 e. The van der Waals surface area contributed by atoms with Gasteiger partial charge < -0.3 is 4.74 Å². The molecule has 0 unspecified atom stereocenters. The van der Waals surface area contributed by atoms with Crippen molar-refractivity contribution < 1.29 is 13.2 Å². The minimum atomic E-state index is -3.74. The Morgan fingerprint density at radius 3 is 2.36 bits per heavy atom. The summed E-state index contributed by atoms with van der Waals surface area (Å²) in [5.41, 5.74) is 1.53. The Kier molecular flexibility index (Phi) is 4.82. The maximum atomic E-state index is 11.4. The number of hydrogen-bond donors (Lipinski definition) is 1. The van der Waals surface area contributed by atoms with Gasteiger partial charge in [0.2, 0.25) is 10.0 Å². The highest BCUT2D eigenvalue weighted by molar-refractivity contribution is 7.89. The monoisotopic (exact) mass is 358 g/mol. The Labute approximate surface area is 146 Å². The van der Waals surface area contributed by atoms with Crippen LogP contribution >= 0.6 is 0 Å². The molecule has 2 N–H and O–H groups in total. The first-order valence-electron chi connectivity index (χ1n) is 7.77. The van der Waals surface area contributed by atoms with E-state index in [9.17, 15) is 8.42 Å². The van der Waals surface area contributed by atoms with Gasteiger partial charge in [0.25, 0.3) is 0 Å². The van der Waals surface area contributed by atoms with Crippen LogP contribution < -0.4 is 9.88 Å². The molecule has 3 aromatic rings. The number of benzene rings is 2. The van der Waals surface area contributed by atoms with Crippen LogP contribution in [0.5, 0.6) is 6.01 Å². The molecule has 8 heteroatoms. The second kappa shape index (κ2) is 7.04. The van der Waals surface area contributed by atoms with E-state index in [4.69, 9.17) is 9.88 Å². The van der Waals surface area contributed by atoms with E-state index in [-0.39, 0.29) is 10.9 Å². The Morgan fingerprint density at radius 2 is 1.76 bits per heavy atom. The lowest BCUT2D eigenvalue weighted by molar-refractivity contribution is 0.292. The van der Waals surface area contributed by atoms with E-state index < -0.39 is 10.0 Å². The summed E-state index contributed by atoms with van der Waals surface area (Å²) < 4.78 is 30.0. The molecule has 0 saturated heterocycles. The van der Waals surface area contributed by atoms with Crippen molar-refractivity contribution in [3.05, 3.63) is 54.6 Å². The van der Waals surface area contributed by atoms with Crippen molar-refractivity contribution in [1.29, 1.82) is 0 Å². The van der Waals surface area contributed by atoms with Crippen molar-refractivity contribution >= 4 is 10.0 Å². The molecule has 0 atom stereocenters. The van der Waals surface area contributed by atoms with E-state index in [1.165, 1.54) is 12.1 Å². The summed E-state index contributed by atoms with van der Waals surface area (Å²) in [6, 6.07) is 16.0. The number of primary sulfonamides is 1. The first kappa shape index (κ1) is 17.1. The number of nitrogens with zero attached hydrogens (tertiary/aromatic N) is 3. The second-order valence-electron chi connectivity index (χ2n) is 5.38. The Morgan fingerprint density at radius 1 is 1.08 bits per heavy atom. The van der Waals surface area contributed by atoms with Crippen molar-refractivity contribution in [2.75, 3.05) is 6.61 Å². The minimum Gasteiger partial charge on any atom is -0.462 e. The zero-order valence-corrected chi connectivity index (χ0v) is 14.5. The number of aromatic nitrogens is 3. The summed E-state index contributed by atoms with van der Waals surface area (Å²) in [6.07, 6.45) is 0.846. The third-order valence-corrected chi connectivity index (χ3v) is 4.39. The number of hydrogen-bond acceptors (Lipinski definition) is 5. The van der Waals surface area contributed by atoms with Crippen molar-refractivity contribution in [3.8, 4) is 23.1 Å². The van der Waals surface area contributed by atoms with Gasteiger partial charge in [0.05, 0.1) is 17.2 Å². The normalized spacial score (nSPS) is 11.4. The third-order valence-electron chi connectivity index (χ3n) is 3.46. The topological polar surface area (TPSA) is 100 Å². The Hall–Kier alpha value is -2.71. The summed E-state index contributed by atoms with van der Waals surface area (Å²) in [5.74, 6) is 0.607. The van der Waals surface area contributed by atoms with Gasteiger partial charge in [-0.1, -0.05) is 37.3 Å². The summed E-state index contributed by atoms with van der Waals surface area (Å²) in [5, 5.41) is 9.53. The van der Waals surface area contributed by atoms with E-state index in [0.29, 0.717) is 18.1 Å². The summed E-state index contributed by atoms with van der Waals surface area (Å²) in [4.78, 5) is 4.49. The van der Waals surface area contributed by atoms with Crippen molar-refractivity contribution in [3.63, 3.8) is 0 Å². The lowest BCUT2D eigenvalue weighted by Gasteiger charge is -2.06. The standard InChI is InChI=1S/C17H18N4O3S/c1-2-12-24-17-19-16(13-6-4-3-5-7-13)21(20-17)14-8-10-15(11-9-14)25(18,22)23/h3-11H,2,12H2,1H3,(H2,18,22,23). The predicted molar refractivity (Wildman–Crippen MR) is 94.0 cm³/mol. The van der Waals surface area contributed by atoms with Crippen LogP contribution in [0, 0.1) is 0 Å². The quantitative estimate of drug-likeness (QED) is 0.729. The molecule has 1 aromatic heterocycles. The average molecular weight is 358 g/mol. The van der Waals surface area contributed by atoms with Gasteiger partial charge in [0.15, 0.2) is 5.82 Å². The molecule has 0 bridgehead atoms. The smallest absolute Gasteiger partial charge is 0.336 e. The molecular formula is C17H18N4O3S. The zero-order valence-electron chi connectivity index (χ0n) is 13.7. The first-order valence-corrected chi connectivity index (χ1v) is 9.32. The Balaban J connectivity index is 2.06. The summed E-state index contributed by atoms with van der Waals surface area (Å²) in [6.45, 7) is 2.52. The van der Waals surface area contributed by atoms with E-state index >= 15 is 0 Å². The van der Waals surface area contributed by atoms with E-state index in [1.54, 1.807) is 16.8 Å². The second-order valence-corrected chi connectivity index (χ2v) is 6.94. The SMILES string of the molecule is CCCOc1nc(-c2ccccc2)n(-c2ccc(S(N)(=O)=O)cc2)n1. The highest BCUT2D eigenvalue weighted by Crippen LogP contribution is 2.24. The lowest BCUT2D eigenvalue weighted by Crippen LogP contribution is -2.12. The molecule has 2 aromatic carbocycles. The van der Waals surface area contributed by atoms with Crippen LogP contribution in [0.3, 0.4) is 0 Å². The van der Waals surface area contributed by atoms with Gasteiger partial charge in [-0.25, -0.2) is 18.2 Å². The van der Waals surface area contributed by atoms with Gasteiger partial charge in [-0.05, 0) is 30.7 Å². The molecule has 25 heavy (non-hydrogen) atoms. The highest BCUT2D eigenvalue weighted by Gasteiger charge is 2.15. The van der Waals surface area contributed by atoms with Crippen LogP contribution in [0.1, 0.15) is 13.3 Å². The number of rotatable bonds is 6. The van der Waals surface area contributed by atoms with Crippen LogP contribution in [0.2, 0.25) is 0 Å². The van der Waals surface area contributed by atoms with Gasteiger partial charge in [0, 0.05) is 5.56 Å². The molecule has 0 fully saturated rings. The average Bonchev–Trinajstić information content (AvgIpc) is 3.04. The fraction of sp³-hybridized carbons (Fsp3) is 0.176. The summed E-state index contributed by atoms with van der Waals surface area (Å²) in [7, 11) is -3.74. The van der Waals surface area contributed by atoms with Crippen LogP contribution in [0.15, 0.2) is 59.5 Å². The fourth-order valence-corrected chi connectivity index (χ4v) is 2.79. The van der Waals surface area contributed by atoms with Gasteiger partial charge >= 0.3 is 6.01 Å². The number of sulfonamides is 1. The molecule has 0 saturated carbocycles. The van der Waals surface area contributed by atoms with Crippen molar-refractivity contribution in [2.45, 2.75) is 18.2 Å². The molecule has 3 rings (SSSR count). The maximum absolute atomic E-state index is 11.4. The number of nitrogens with two attached hydrogens (primary N) is 1. The Bertz CT molecular complexity index is 951. The molecule has 0 radical (unpaired) electrons. The van der Waals surface area contributed by atoms with E-state index in [0.717, 1.165) is 12.0 Å². The molecule has 130 valence electrons. The molecule has 0 amide bonds. The van der Waals surface area contributed by atoms with Crippen LogP contribution in [-0.2, 0) is 10.0 Å². The van der Waals surface area contributed by atoms with Gasteiger partial charge in [-0.2, -0.15) is 4.98 Å². The van der Waals surface area contributed by atoms with E-state index in [2.05, 4.69) is 10.1 Å². The highest BCUT2D eigenvalue weighted by atomic mass is 32.2. The van der Waals surface area contributed by atoms with Crippen LogP contribution in [0.4, 0.5) is 0 Å². The van der Waals surface area contributed by atoms with E-state index in [1.807, 2.05) is 37.3 Å². The third kappa shape index (κ3) is 3.86. The fourth-order valence-electron chi connectivity index (χ4n) is 2.28. The number of ether oxygens (including phenoxy) is 1. The minimum absolute atomic E-state index is 0.0417. The zero-order chi connectivity index (χ0) is 17.9. The maximum Gasteiger partial charge on any atom is 0.336 e. The van der Waals surface area contributed by atoms with Crippen LogP contribution in [-0.4, -0.2) is 29.8 Å². The molecule has 1 heterocycles. The molecule has 0 aliphatic rings. The van der Waals surface area contributed by atoms with Gasteiger partial charge in [-0.3, -0.25) is 0 Å². The molecule has 0 aliphatic heterocycles. The van der Waals surface area contributed by atoms with Crippen molar-refractivity contribution in [2.24, 2.45) is 5.14 Å². The van der Waals surface area contributed by atoms with Crippen LogP contribution in [0.25, 0.3) is 17.1 Å². The van der Waals surface area contributed by atoms with Gasteiger partial charge in [0.1, 0.15) is 0 Å². The predicted octanol–water partition coefficient (Wildman–Crippen LogP) is 2.37. The first-order chi connectivity index (χ1) is 12.0. The molecular weight excluding hydrogens is 340 g/mol. The molecule has 7 nitrogen and oxygen atoms in total. The summed E-state index contributed by atoms with van der Waals surface area (Å²) >= 11 is 0. The molecule has 0 aliphatic carbocycles. The lowest BCUT2D eigenvalue weighted by atomic mass is 10.2. The molecule has 0 spiro atoms.